The van der Waals surface area contributed by atoms with Crippen molar-refractivity contribution in [2.45, 2.75) is 31.8 Å². The van der Waals surface area contributed by atoms with Gasteiger partial charge in [-0.1, -0.05) is 12.1 Å². The molecule has 0 aliphatic rings. The lowest BCUT2D eigenvalue weighted by molar-refractivity contribution is 0.0948. The summed E-state index contributed by atoms with van der Waals surface area (Å²) in [5, 5.41) is 2.85. The molecule has 7 heteroatoms. The average Bonchev–Trinajstić information content (AvgIpc) is 2.70. The zero-order valence-corrected chi connectivity index (χ0v) is 16.9. The van der Waals surface area contributed by atoms with Gasteiger partial charge in [0.1, 0.15) is 5.56 Å². The monoisotopic (exact) mass is 394 g/mol. The molecule has 0 unspecified atom stereocenters. The van der Waals surface area contributed by atoms with Gasteiger partial charge in [0.2, 0.25) is 0 Å². The number of nitrogens with zero attached hydrogens (tertiary/aromatic N) is 3. The van der Waals surface area contributed by atoms with Gasteiger partial charge >= 0.3 is 0 Å². The fourth-order valence-electron chi connectivity index (χ4n) is 2.76. The van der Waals surface area contributed by atoms with Gasteiger partial charge in [-0.3, -0.25) is 19.6 Å². The van der Waals surface area contributed by atoms with E-state index in [1.165, 1.54) is 4.57 Å². The molecule has 1 aromatic carbocycles. The second-order valence-electron chi connectivity index (χ2n) is 6.49. The third-order valence-corrected chi connectivity index (χ3v) is 5.12. The van der Waals surface area contributed by atoms with Gasteiger partial charge in [-0.05, 0) is 49.4 Å². The van der Waals surface area contributed by atoms with Crippen LogP contribution >= 0.6 is 11.8 Å². The molecule has 6 nitrogen and oxygen atoms in total. The van der Waals surface area contributed by atoms with Crippen LogP contribution in [0.3, 0.4) is 0 Å². The number of rotatable bonds is 6. The molecular weight excluding hydrogens is 372 g/mol. The zero-order valence-electron chi connectivity index (χ0n) is 16.1. The van der Waals surface area contributed by atoms with Crippen LogP contribution in [0.15, 0.2) is 58.6 Å². The first kappa shape index (κ1) is 19.8. The standard InChI is InChI=1S/C21H22N4O2S/c1-14-8-9-25(13-17-12-22-15(2)10-23-17)21(27)19(14)20(26)24-11-16-4-6-18(28-3)7-5-16/h4-10,12H,11,13H2,1-3H3,(H,24,26). The third-order valence-electron chi connectivity index (χ3n) is 4.38. The molecule has 3 aromatic rings. The Morgan fingerprint density at radius 1 is 1.11 bits per heavy atom. The van der Waals surface area contributed by atoms with Crippen LogP contribution in [0.2, 0.25) is 0 Å². The maximum Gasteiger partial charge on any atom is 0.264 e. The number of amides is 1. The zero-order chi connectivity index (χ0) is 20.1. The van der Waals surface area contributed by atoms with E-state index in [-0.39, 0.29) is 23.6 Å². The number of hydrogen-bond donors (Lipinski definition) is 1. The van der Waals surface area contributed by atoms with Crippen molar-refractivity contribution in [1.82, 2.24) is 19.9 Å². The van der Waals surface area contributed by atoms with Gasteiger partial charge in [-0.2, -0.15) is 0 Å². The molecule has 3 rings (SSSR count). The smallest absolute Gasteiger partial charge is 0.264 e. The second kappa shape index (κ2) is 8.84. The Balaban J connectivity index is 1.77. The van der Waals surface area contributed by atoms with Crippen molar-refractivity contribution in [3.05, 3.63) is 87.4 Å². The van der Waals surface area contributed by atoms with E-state index in [1.54, 1.807) is 43.3 Å². The minimum Gasteiger partial charge on any atom is -0.348 e. The highest BCUT2D eigenvalue weighted by molar-refractivity contribution is 7.98. The highest BCUT2D eigenvalue weighted by Gasteiger charge is 2.16. The van der Waals surface area contributed by atoms with E-state index in [2.05, 4.69) is 15.3 Å². The minimum atomic E-state index is -0.374. The fourth-order valence-corrected chi connectivity index (χ4v) is 3.16. The van der Waals surface area contributed by atoms with Crippen molar-refractivity contribution in [2.75, 3.05) is 6.26 Å². The number of nitrogens with one attached hydrogen (secondary N) is 1. The van der Waals surface area contributed by atoms with Crippen LogP contribution in [-0.2, 0) is 13.1 Å². The first-order valence-electron chi connectivity index (χ1n) is 8.86. The molecule has 144 valence electrons. The van der Waals surface area contributed by atoms with Crippen molar-refractivity contribution in [3.63, 3.8) is 0 Å². The van der Waals surface area contributed by atoms with Gasteiger partial charge in [0, 0.05) is 23.8 Å². The molecule has 28 heavy (non-hydrogen) atoms. The molecule has 0 radical (unpaired) electrons. The van der Waals surface area contributed by atoms with Gasteiger partial charge in [0.15, 0.2) is 0 Å². The number of hydrogen-bond acceptors (Lipinski definition) is 5. The topological polar surface area (TPSA) is 76.9 Å². The number of benzene rings is 1. The van der Waals surface area contributed by atoms with Crippen LogP contribution in [0, 0.1) is 13.8 Å². The lowest BCUT2D eigenvalue weighted by Crippen LogP contribution is -2.34. The largest absolute Gasteiger partial charge is 0.348 e. The van der Waals surface area contributed by atoms with Gasteiger partial charge in [0.25, 0.3) is 11.5 Å². The van der Waals surface area contributed by atoms with E-state index in [4.69, 9.17) is 0 Å². The van der Waals surface area contributed by atoms with E-state index in [0.29, 0.717) is 17.8 Å². The Morgan fingerprint density at radius 2 is 1.86 bits per heavy atom. The van der Waals surface area contributed by atoms with Gasteiger partial charge < -0.3 is 9.88 Å². The Kier molecular flexibility index (Phi) is 6.26. The Bertz CT molecular complexity index is 1030. The summed E-state index contributed by atoms with van der Waals surface area (Å²) in [6.45, 7) is 4.25. The van der Waals surface area contributed by atoms with Crippen LogP contribution in [-0.4, -0.2) is 26.7 Å². The maximum atomic E-state index is 12.8. The predicted octanol–water partition coefficient (Wildman–Crippen LogP) is 2.96. The number of carbonyl (C=O) groups excluding carboxylic acids is 1. The first-order valence-corrected chi connectivity index (χ1v) is 10.1. The van der Waals surface area contributed by atoms with Crippen molar-refractivity contribution >= 4 is 17.7 Å². The van der Waals surface area contributed by atoms with Gasteiger partial charge in [-0.25, -0.2) is 0 Å². The summed E-state index contributed by atoms with van der Waals surface area (Å²) in [5.41, 5.74) is 2.92. The van der Waals surface area contributed by atoms with Crippen molar-refractivity contribution in [3.8, 4) is 0 Å². The second-order valence-corrected chi connectivity index (χ2v) is 7.37. The molecule has 0 saturated heterocycles. The lowest BCUT2D eigenvalue weighted by Gasteiger charge is -2.11. The number of aromatic nitrogens is 3. The molecule has 2 aromatic heterocycles. The highest BCUT2D eigenvalue weighted by Crippen LogP contribution is 2.14. The predicted molar refractivity (Wildman–Crippen MR) is 111 cm³/mol. The SMILES string of the molecule is CSc1ccc(CNC(=O)c2c(C)ccn(Cc3cnc(C)cn3)c2=O)cc1. The summed E-state index contributed by atoms with van der Waals surface area (Å²) < 4.78 is 1.48. The number of aryl methyl sites for hydroxylation is 2. The molecular formula is C21H22N4O2S. The number of pyridine rings is 1. The van der Waals surface area contributed by atoms with E-state index >= 15 is 0 Å². The fraction of sp³-hybridized carbons (Fsp3) is 0.238. The molecule has 0 saturated carbocycles. The first-order chi connectivity index (χ1) is 13.5. The molecule has 0 atom stereocenters. The summed E-state index contributed by atoms with van der Waals surface area (Å²) >= 11 is 1.66. The quantitative estimate of drug-likeness (QED) is 0.651. The van der Waals surface area contributed by atoms with Crippen LogP contribution in [0.1, 0.15) is 32.9 Å². The number of carbonyl (C=O) groups is 1. The average molecular weight is 395 g/mol. The van der Waals surface area contributed by atoms with Gasteiger partial charge in [0.05, 0.1) is 24.1 Å². The molecule has 0 fully saturated rings. The summed E-state index contributed by atoms with van der Waals surface area (Å²) in [6, 6.07) is 9.73. The van der Waals surface area contributed by atoms with E-state index in [0.717, 1.165) is 16.2 Å². The van der Waals surface area contributed by atoms with Crippen molar-refractivity contribution in [1.29, 1.82) is 0 Å². The van der Waals surface area contributed by atoms with E-state index in [1.807, 2.05) is 37.4 Å². The van der Waals surface area contributed by atoms with Crippen LogP contribution in [0.4, 0.5) is 0 Å². The molecule has 0 bridgehead atoms. The normalized spacial score (nSPS) is 10.7. The van der Waals surface area contributed by atoms with Crippen LogP contribution < -0.4 is 10.9 Å². The molecule has 0 aliphatic carbocycles. The van der Waals surface area contributed by atoms with Crippen LogP contribution in [0.5, 0.6) is 0 Å². The summed E-state index contributed by atoms with van der Waals surface area (Å²) in [6.07, 6.45) is 6.99. The maximum absolute atomic E-state index is 12.8. The Hall–Kier alpha value is -2.93. The van der Waals surface area contributed by atoms with Gasteiger partial charge in [-0.15, -0.1) is 11.8 Å². The Labute approximate surface area is 168 Å². The molecule has 0 aliphatic heterocycles. The number of thioether (sulfide) groups is 1. The molecule has 2 heterocycles. The molecule has 0 spiro atoms. The van der Waals surface area contributed by atoms with E-state index in [9.17, 15) is 9.59 Å². The van der Waals surface area contributed by atoms with Crippen LogP contribution in [0.25, 0.3) is 0 Å². The summed E-state index contributed by atoms with van der Waals surface area (Å²) in [4.78, 5) is 35.2. The van der Waals surface area contributed by atoms with E-state index < -0.39 is 0 Å². The van der Waals surface area contributed by atoms with Crippen molar-refractivity contribution in [2.24, 2.45) is 0 Å². The highest BCUT2D eigenvalue weighted by atomic mass is 32.2. The lowest BCUT2D eigenvalue weighted by atomic mass is 10.1. The summed E-state index contributed by atoms with van der Waals surface area (Å²) in [5.74, 6) is -0.374. The third kappa shape index (κ3) is 4.67. The Morgan fingerprint density at radius 3 is 2.50 bits per heavy atom. The molecule has 1 amide bonds. The summed E-state index contributed by atoms with van der Waals surface area (Å²) in [7, 11) is 0. The van der Waals surface area contributed by atoms with Crippen molar-refractivity contribution < 1.29 is 4.79 Å². The molecule has 1 N–H and O–H groups in total. The minimum absolute atomic E-state index is 0.156.